The van der Waals surface area contributed by atoms with E-state index in [4.69, 9.17) is 11.6 Å². The molecule has 3 rings (SSSR count). The summed E-state index contributed by atoms with van der Waals surface area (Å²) in [6.07, 6.45) is 3.28. The molecule has 1 saturated heterocycles. The summed E-state index contributed by atoms with van der Waals surface area (Å²) >= 11 is 5.94. The average molecular weight is 376 g/mol. The summed E-state index contributed by atoms with van der Waals surface area (Å²) in [6, 6.07) is 13.9. The molecule has 2 aromatic rings. The van der Waals surface area contributed by atoms with Crippen molar-refractivity contribution in [1.29, 1.82) is 0 Å². The van der Waals surface area contributed by atoms with Crippen LogP contribution >= 0.6 is 11.6 Å². The number of carbonyl (C=O) groups is 1. The second-order valence-corrected chi connectivity index (χ2v) is 7.32. The first-order valence-corrected chi connectivity index (χ1v) is 9.31. The lowest BCUT2D eigenvalue weighted by atomic mass is 9.83. The molecule has 0 radical (unpaired) electrons. The number of piperidine rings is 1. The Kier molecular flexibility index (Phi) is 6.07. The van der Waals surface area contributed by atoms with Gasteiger partial charge in [-0.15, -0.1) is 0 Å². The van der Waals surface area contributed by atoms with Crippen molar-refractivity contribution in [3.05, 3.63) is 70.5 Å². The van der Waals surface area contributed by atoms with E-state index in [2.05, 4.69) is 4.90 Å². The van der Waals surface area contributed by atoms with Gasteiger partial charge >= 0.3 is 0 Å². The van der Waals surface area contributed by atoms with Crippen LogP contribution < -0.4 is 0 Å². The molecule has 1 unspecified atom stereocenters. The van der Waals surface area contributed by atoms with Crippen LogP contribution in [-0.4, -0.2) is 29.4 Å². The number of hydrogen-bond donors (Lipinski definition) is 1. The minimum Gasteiger partial charge on any atom is -0.385 e. The van der Waals surface area contributed by atoms with Gasteiger partial charge in [0.05, 0.1) is 5.60 Å². The normalized spacial score (nSPS) is 18.4. The van der Waals surface area contributed by atoms with Gasteiger partial charge < -0.3 is 9.90 Å². The minimum absolute atomic E-state index is 0.0515. The summed E-state index contributed by atoms with van der Waals surface area (Å²) in [5.74, 6) is -0.265. The van der Waals surface area contributed by atoms with Crippen LogP contribution in [0.15, 0.2) is 48.5 Å². The molecule has 0 aliphatic carbocycles. The van der Waals surface area contributed by atoms with E-state index >= 15 is 0 Å². The molecule has 3 nitrogen and oxygen atoms in total. The molecule has 0 saturated carbocycles. The first-order valence-electron chi connectivity index (χ1n) is 8.93. The Balaban J connectivity index is 1.73. The van der Waals surface area contributed by atoms with Gasteiger partial charge in [0.15, 0.2) is 0 Å². The molecule has 0 bridgehead atoms. The van der Waals surface area contributed by atoms with Crippen molar-refractivity contribution in [2.45, 2.75) is 37.3 Å². The summed E-state index contributed by atoms with van der Waals surface area (Å²) in [4.78, 5) is 13.1. The zero-order valence-electron chi connectivity index (χ0n) is 14.6. The highest BCUT2D eigenvalue weighted by Crippen LogP contribution is 2.37. The maximum Gasteiger partial charge on any atom is 0.123 e. The fourth-order valence-electron chi connectivity index (χ4n) is 3.73. The molecule has 5 heteroatoms. The van der Waals surface area contributed by atoms with Gasteiger partial charge in [-0.1, -0.05) is 35.9 Å². The minimum atomic E-state index is -0.862. The predicted molar refractivity (Wildman–Crippen MR) is 101 cm³/mol. The maximum atomic E-state index is 13.2. The molecule has 2 aromatic carbocycles. The summed E-state index contributed by atoms with van der Waals surface area (Å²) in [7, 11) is 0. The number of nitrogens with zero attached hydrogens (tertiary/aromatic N) is 1. The van der Waals surface area contributed by atoms with Crippen LogP contribution in [0.25, 0.3) is 0 Å². The Bertz CT molecular complexity index is 725. The van der Waals surface area contributed by atoms with Gasteiger partial charge in [0.1, 0.15) is 12.1 Å². The SMILES string of the molecule is O=CCCC(c1ccc(F)cc1)N1CCC(O)(c2ccc(Cl)cc2)CC1. The molecule has 0 spiro atoms. The first-order chi connectivity index (χ1) is 12.5. The third-order valence-corrected chi connectivity index (χ3v) is 5.51. The average Bonchev–Trinajstić information content (AvgIpc) is 2.65. The summed E-state index contributed by atoms with van der Waals surface area (Å²) in [6.45, 7) is 1.42. The van der Waals surface area contributed by atoms with Crippen molar-refractivity contribution in [3.63, 3.8) is 0 Å². The monoisotopic (exact) mass is 375 g/mol. The number of carbonyl (C=O) groups excluding carboxylic acids is 1. The van der Waals surface area contributed by atoms with Gasteiger partial charge in [0.2, 0.25) is 0 Å². The number of benzene rings is 2. The van der Waals surface area contributed by atoms with Crippen LogP contribution in [0.5, 0.6) is 0 Å². The standard InChI is InChI=1S/C21H23ClFNO2/c22-18-7-5-17(6-8-18)21(26)11-13-24(14-12-21)20(2-1-15-25)16-3-9-19(23)10-4-16/h3-10,15,20,26H,1-2,11-14H2. The molecular weight excluding hydrogens is 353 g/mol. The van der Waals surface area contributed by atoms with E-state index in [1.165, 1.54) is 12.1 Å². The smallest absolute Gasteiger partial charge is 0.123 e. The quantitative estimate of drug-likeness (QED) is 0.756. The second-order valence-electron chi connectivity index (χ2n) is 6.89. The topological polar surface area (TPSA) is 40.5 Å². The number of likely N-dealkylation sites (tertiary alicyclic amines) is 1. The van der Waals surface area contributed by atoms with Crippen molar-refractivity contribution >= 4 is 17.9 Å². The third kappa shape index (κ3) is 4.32. The number of halogens is 2. The van der Waals surface area contributed by atoms with Crippen molar-refractivity contribution < 1.29 is 14.3 Å². The highest BCUT2D eigenvalue weighted by molar-refractivity contribution is 6.30. The Morgan fingerprint density at radius 2 is 1.73 bits per heavy atom. The lowest BCUT2D eigenvalue weighted by Gasteiger charge is -2.42. The third-order valence-electron chi connectivity index (χ3n) is 5.26. The van der Waals surface area contributed by atoms with Crippen LogP contribution in [-0.2, 0) is 10.4 Å². The fourth-order valence-corrected chi connectivity index (χ4v) is 3.85. The van der Waals surface area contributed by atoms with E-state index in [1.807, 2.05) is 12.1 Å². The highest BCUT2D eigenvalue weighted by Gasteiger charge is 2.36. The molecule has 1 N–H and O–H groups in total. The Morgan fingerprint density at radius 1 is 1.12 bits per heavy atom. The van der Waals surface area contributed by atoms with Crippen LogP contribution in [0.4, 0.5) is 4.39 Å². The van der Waals surface area contributed by atoms with E-state index in [9.17, 15) is 14.3 Å². The van der Waals surface area contributed by atoms with E-state index < -0.39 is 5.60 Å². The number of aliphatic hydroxyl groups is 1. The maximum absolute atomic E-state index is 13.2. The van der Waals surface area contributed by atoms with Crippen LogP contribution in [0.1, 0.15) is 42.9 Å². The lowest BCUT2D eigenvalue weighted by Crippen LogP contribution is -2.44. The molecule has 1 atom stereocenters. The summed E-state index contributed by atoms with van der Waals surface area (Å²) in [5.41, 5.74) is 1.02. The van der Waals surface area contributed by atoms with Crippen LogP contribution in [0.3, 0.4) is 0 Å². The lowest BCUT2D eigenvalue weighted by molar-refractivity contribution is -0.108. The molecule has 1 aliphatic rings. The van der Waals surface area contributed by atoms with E-state index in [-0.39, 0.29) is 11.9 Å². The number of hydrogen-bond acceptors (Lipinski definition) is 3. The Labute approximate surface area is 158 Å². The first kappa shape index (κ1) is 19.0. The molecule has 0 aromatic heterocycles. The molecule has 0 amide bonds. The van der Waals surface area contributed by atoms with Gasteiger partial charge in [-0.3, -0.25) is 4.90 Å². The van der Waals surface area contributed by atoms with Gasteiger partial charge in [0.25, 0.3) is 0 Å². The van der Waals surface area contributed by atoms with Crippen LogP contribution in [0, 0.1) is 5.82 Å². The fraction of sp³-hybridized carbons (Fsp3) is 0.381. The van der Waals surface area contributed by atoms with Crippen molar-refractivity contribution in [2.75, 3.05) is 13.1 Å². The molecular formula is C21H23ClFNO2. The number of rotatable bonds is 6. The van der Waals surface area contributed by atoms with Gasteiger partial charge in [-0.25, -0.2) is 4.39 Å². The molecule has 26 heavy (non-hydrogen) atoms. The number of aldehydes is 1. The van der Waals surface area contributed by atoms with Crippen molar-refractivity contribution in [1.82, 2.24) is 4.90 Å². The zero-order valence-corrected chi connectivity index (χ0v) is 15.3. The van der Waals surface area contributed by atoms with Gasteiger partial charge in [-0.05, 0) is 54.7 Å². The zero-order chi connectivity index (χ0) is 18.6. The summed E-state index contributed by atoms with van der Waals surface area (Å²) < 4.78 is 13.2. The van der Waals surface area contributed by atoms with E-state index in [1.54, 1.807) is 24.3 Å². The molecule has 1 fully saturated rings. The van der Waals surface area contributed by atoms with Crippen LogP contribution in [0.2, 0.25) is 5.02 Å². The second kappa shape index (κ2) is 8.30. The highest BCUT2D eigenvalue weighted by atomic mass is 35.5. The molecule has 1 aliphatic heterocycles. The Hall–Kier alpha value is -1.75. The van der Waals surface area contributed by atoms with E-state index in [0.717, 1.165) is 17.4 Å². The van der Waals surface area contributed by atoms with Crippen molar-refractivity contribution in [2.24, 2.45) is 0 Å². The van der Waals surface area contributed by atoms with Gasteiger partial charge in [0, 0.05) is 30.6 Å². The van der Waals surface area contributed by atoms with E-state index in [0.29, 0.717) is 43.8 Å². The van der Waals surface area contributed by atoms with Crippen molar-refractivity contribution in [3.8, 4) is 0 Å². The summed E-state index contributed by atoms with van der Waals surface area (Å²) in [5, 5.41) is 11.7. The molecule has 1 heterocycles. The largest absolute Gasteiger partial charge is 0.385 e. The Morgan fingerprint density at radius 3 is 2.31 bits per heavy atom. The molecule has 138 valence electrons. The van der Waals surface area contributed by atoms with Gasteiger partial charge in [-0.2, -0.15) is 0 Å². The predicted octanol–water partition coefficient (Wildman–Crippen LogP) is 4.48.